The number of carbonyl (C=O) groups excluding carboxylic acids is 1. The van der Waals surface area contributed by atoms with Gasteiger partial charge in [-0.15, -0.1) is 0 Å². The van der Waals surface area contributed by atoms with Gasteiger partial charge in [0.15, 0.2) is 5.78 Å². The van der Waals surface area contributed by atoms with E-state index in [1.54, 1.807) is 6.08 Å². The largest absolute Gasteiger partial charge is 0.489 e. The molecule has 0 saturated carbocycles. The first-order valence-electron chi connectivity index (χ1n) is 9.01. The summed E-state index contributed by atoms with van der Waals surface area (Å²) < 4.78 is 6.01. The smallest absolute Gasteiger partial charge is 0.157 e. The quantitative estimate of drug-likeness (QED) is 0.860. The van der Waals surface area contributed by atoms with Crippen molar-refractivity contribution in [2.75, 3.05) is 6.54 Å². The fourth-order valence-corrected chi connectivity index (χ4v) is 4.78. The highest BCUT2D eigenvalue weighted by molar-refractivity contribution is 5.92. The molecule has 5 rings (SSSR count). The molecule has 1 fully saturated rings. The molecule has 0 spiro atoms. The van der Waals surface area contributed by atoms with E-state index >= 15 is 0 Å². The number of allylic oxidation sites excluding steroid dienone is 1. The average molecular weight is 331 g/mol. The molecule has 2 aromatic rings. The average Bonchev–Trinajstić information content (AvgIpc) is 2.91. The molecule has 1 saturated heterocycles. The van der Waals surface area contributed by atoms with Crippen LogP contribution in [0.3, 0.4) is 0 Å². The van der Waals surface area contributed by atoms with Gasteiger partial charge in [0, 0.05) is 31.0 Å². The summed E-state index contributed by atoms with van der Waals surface area (Å²) in [5, 5.41) is 0. The van der Waals surface area contributed by atoms with Crippen LogP contribution in [0, 0.1) is 0 Å². The van der Waals surface area contributed by atoms with Crippen LogP contribution in [0.25, 0.3) is 0 Å². The van der Waals surface area contributed by atoms with Gasteiger partial charge in [0.25, 0.3) is 0 Å². The lowest BCUT2D eigenvalue weighted by Crippen LogP contribution is -2.48. The van der Waals surface area contributed by atoms with E-state index in [1.807, 2.05) is 18.2 Å². The number of carbonyl (C=O) groups is 1. The summed E-state index contributed by atoms with van der Waals surface area (Å²) in [4.78, 5) is 14.4. The minimum atomic E-state index is 0.0272. The van der Waals surface area contributed by atoms with E-state index in [-0.39, 0.29) is 11.2 Å². The zero-order chi connectivity index (χ0) is 16.9. The van der Waals surface area contributed by atoms with Crippen molar-refractivity contribution in [3.05, 3.63) is 77.4 Å². The Morgan fingerprint density at radius 1 is 1.16 bits per heavy atom. The Bertz CT molecular complexity index is 858. The topological polar surface area (TPSA) is 29.5 Å². The van der Waals surface area contributed by atoms with Crippen LogP contribution in [0.4, 0.5) is 0 Å². The Hall–Kier alpha value is -2.39. The fourth-order valence-electron chi connectivity index (χ4n) is 4.78. The van der Waals surface area contributed by atoms with Crippen molar-refractivity contribution in [2.45, 2.75) is 37.5 Å². The molecule has 126 valence electrons. The molecule has 1 aliphatic carbocycles. The minimum absolute atomic E-state index is 0.0272. The molecule has 0 radical (unpaired) electrons. The molecule has 3 atom stereocenters. The first-order chi connectivity index (χ1) is 12.2. The van der Waals surface area contributed by atoms with Gasteiger partial charge in [0.1, 0.15) is 12.4 Å². The van der Waals surface area contributed by atoms with Crippen molar-refractivity contribution in [1.82, 2.24) is 4.90 Å². The molecule has 0 aromatic heterocycles. The third-order valence-electron chi connectivity index (χ3n) is 6.01. The van der Waals surface area contributed by atoms with Gasteiger partial charge in [-0.25, -0.2) is 0 Å². The van der Waals surface area contributed by atoms with Crippen LogP contribution in [-0.4, -0.2) is 23.3 Å². The number of ketones is 1. The van der Waals surface area contributed by atoms with Crippen LogP contribution in [0.15, 0.2) is 60.7 Å². The summed E-state index contributed by atoms with van der Waals surface area (Å²) in [6, 6.07) is 17.1. The zero-order valence-corrected chi connectivity index (χ0v) is 14.2. The first kappa shape index (κ1) is 14.9. The van der Waals surface area contributed by atoms with Gasteiger partial charge in [0.2, 0.25) is 0 Å². The predicted octanol–water partition coefficient (Wildman–Crippen LogP) is 3.62. The van der Waals surface area contributed by atoms with Gasteiger partial charge < -0.3 is 4.74 Å². The van der Waals surface area contributed by atoms with Crippen molar-refractivity contribution in [1.29, 1.82) is 0 Å². The van der Waals surface area contributed by atoms with Crippen molar-refractivity contribution in [3.8, 4) is 5.75 Å². The van der Waals surface area contributed by atoms with Crippen molar-refractivity contribution in [3.63, 3.8) is 0 Å². The van der Waals surface area contributed by atoms with Crippen LogP contribution >= 0.6 is 0 Å². The number of hydrogen-bond acceptors (Lipinski definition) is 3. The monoisotopic (exact) mass is 331 g/mol. The Morgan fingerprint density at radius 2 is 2.04 bits per heavy atom. The number of benzene rings is 2. The number of rotatable bonds is 3. The maximum atomic E-state index is 11.9. The van der Waals surface area contributed by atoms with E-state index < -0.39 is 0 Å². The molecule has 2 aliphatic heterocycles. The Balaban J connectivity index is 1.45. The highest BCUT2D eigenvalue weighted by Gasteiger charge is 2.52. The van der Waals surface area contributed by atoms with E-state index in [4.69, 9.17) is 4.74 Å². The fraction of sp³-hybridized carbons (Fsp3) is 0.318. The molecule has 3 heteroatoms. The van der Waals surface area contributed by atoms with Crippen molar-refractivity contribution < 1.29 is 9.53 Å². The Labute approximate surface area is 147 Å². The SMILES string of the molecule is O=C1C=C[C@]23CCN(Cc4cc(OCc5ccccc5)ccc42)[C@H]3C1. The summed E-state index contributed by atoms with van der Waals surface area (Å²) in [6.07, 6.45) is 5.74. The third-order valence-corrected chi connectivity index (χ3v) is 6.01. The summed E-state index contributed by atoms with van der Waals surface area (Å²) in [6.45, 7) is 2.58. The molecule has 3 aliphatic rings. The number of nitrogens with zero attached hydrogens (tertiary/aromatic N) is 1. The predicted molar refractivity (Wildman–Crippen MR) is 96.5 cm³/mol. The number of fused-ring (bicyclic) bond motifs is 1. The molecule has 2 aromatic carbocycles. The molecule has 2 heterocycles. The van der Waals surface area contributed by atoms with Gasteiger partial charge in [-0.1, -0.05) is 42.5 Å². The minimum Gasteiger partial charge on any atom is -0.489 e. The molecule has 2 bridgehead atoms. The second-order valence-electron chi connectivity index (χ2n) is 7.37. The lowest BCUT2D eigenvalue weighted by Gasteiger charge is -2.43. The van der Waals surface area contributed by atoms with Gasteiger partial charge >= 0.3 is 0 Å². The molecule has 0 amide bonds. The highest BCUT2D eigenvalue weighted by atomic mass is 16.5. The summed E-state index contributed by atoms with van der Waals surface area (Å²) in [7, 11) is 0. The second-order valence-corrected chi connectivity index (χ2v) is 7.37. The van der Waals surface area contributed by atoms with Gasteiger partial charge in [-0.05, 0) is 41.3 Å². The molecular weight excluding hydrogens is 310 g/mol. The van der Waals surface area contributed by atoms with Gasteiger partial charge in [-0.3, -0.25) is 9.69 Å². The summed E-state index contributed by atoms with van der Waals surface area (Å²) >= 11 is 0. The van der Waals surface area contributed by atoms with E-state index in [0.717, 1.165) is 25.3 Å². The number of hydrogen-bond donors (Lipinski definition) is 0. The summed E-state index contributed by atoms with van der Waals surface area (Å²) in [5.74, 6) is 1.19. The van der Waals surface area contributed by atoms with Crippen LogP contribution < -0.4 is 4.74 Å². The van der Waals surface area contributed by atoms with Crippen molar-refractivity contribution >= 4 is 5.78 Å². The lowest BCUT2D eigenvalue weighted by atomic mass is 9.67. The molecule has 3 nitrogen and oxygen atoms in total. The van der Waals surface area contributed by atoms with Crippen molar-refractivity contribution in [2.24, 2.45) is 0 Å². The second kappa shape index (κ2) is 5.57. The Morgan fingerprint density at radius 3 is 2.92 bits per heavy atom. The van der Waals surface area contributed by atoms with E-state index in [9.17, 15) is 4.79 Å². The molecule has 1 unspecified atom stereocenters. The van der Waals surface area contributed by atoms with Crippen LogP contribution in [0.1, 0.15) is 29.5 Å². The molecular formula is C22H21NO2. The Kier molecular flexibility index (Phi) is 3.32. The maximum Gasteiger partial charge on any atom is 0.157 e. The standard InChI is InChI=1S/C22H21NO2/c24-18-8-9-22-10-11-23(21(22)13-18)14-17-12-19(6-7-20(17)22)25-15-16-4-2-1-3-5-16/h1-9,12,21H,10-11,13-15H2/t21-,22-/m0/s1. The zero-order valence-electron chi connectivity index (χ0n) is 14.2. The van der Waals surface area contributed by atoms with E-state index in [1.165, 1.54) is 16.7 Å². The summed E-state index contributed by atoms with van der Waals surface area (Å²) in [5.41, 5.74) is 3.94. The van der Waals surface area contributed by atoms with Gasteiger partial charge in [-0.2, -0.15) is 0 Å². The van der Waals surface area contributed by atoms with E-state index in [2.05, 4.69) is 41.3 Å². The molecule has 0 N–H and O–H groups in total. The maximum absolute atomic E-state index is 11.9. The van der Waals surface area contributed by atoms with Crippen LogP contribution in [0.5, 0.6) is 5.75 Å². The van der Waals surface area contributed by atoms with E-state index in [0.29, 0.717) is 19.1 Å². The molecule has 25 heavy (non-hydrogen) atoms. The van der Waals surface area contributed by atoms with Crippen LogP contribution in [0.2, 0.25) is 0 Å². The van der Waals surface area contributed by atoms with Crippen LogP contribution in [-0.2, 0) is 23.4 Å². The number of ether oxygens (including phenoxy) is 1. The third kappa shape index (κ3) is 2.34. The normalized spacial score (nSPS) is 29.2. The highest BCUT2D eigenvalue weighted by Crippen LogP contribution is 2.50. The first-order valence-corrected chi connectivity index (χ1v) is 9.01. The van der Waals surface area contributed by atoms with Gasteiger partial charge in [0.05, 0.1) is 0 Å². The lowest BCUT2D eigenvalue weighted by molar-refractivity contribution is -0.116.